The molecule has 0 amide bonds. The first kappa shape index (κ1) is 14.8. The van der Waals surface area contributed by atoms with Gasteiger partial charge in [0, 0.05) is 16.6 Å². The van der Waals surface area contributed by atoms with E-state index in [4.69, 9.17) is 17.3 Å². The Morgan fingerprint density at radius 2 is 2.00 bits per heavy atom. The summed E-state index contributed by atoms with van der Waals surface area (Å²) in [6.45, 7) is 6.86. The van der Waals surface area contributed by atoms with E-state index < -0.39 is 0 Å². The predicted molar refractivity (Wildman–Crippen MR) is 82.5 cm³/mol. The Hall–Kier alpha value is -0.570. The van der Waals surface area contributed by atoms with Crippen molar-refractivity contribution in [3.63, 3.8) is 0 Å². The van der Waals surface area contributed by atoms with E-state index in [1.54, 1.807) is 0 Å². The smallest absolute Gasteiger partial charge is 0.0479 e. The topological polar surface area (TPSA) is 29.3 Å². The Bertz CT molecular complexity index is 415. The van der Waals surface area contributed by atoms with Crippen LogP contribution in [0.4, 0.5) is 0 Å². The number of rotatable bonds is 4. The Kier molecular flexibility index (Phi) is 4.88. The highest BCUT2D eigenvalue weighted by atomic mass is 35.5. The minimum atomic E-state index is 0.00861. The van der Waals surface area contributed by atoms with Gasteiger partial charge < -0.3 is 5.73 Å². The summed E-state index contributed by atoms with van der Waals surface area (Å²) < 4.78 is 0. The maximum atomic E-state index is 6.58. The van der Waals surface area contributed by atoms with Crippen molar-refractivity contribution in [3.05, 3.63) is 34.9 Å². The zero-order chi connectivity index (χ0) is 13.9. The molecule has 0 aliphatic carbocycles. The number of hydrogen-bond donors (Lipinski definition) is 1. The van der Waals surface area contributed by atoms with E-state index in [2.05, 4.69) is 24.8 Å². The van der Waals surface area contributed by atoms with E-state index in [0.29, 0.717) is 0 Å². The second-order valence-electron chi connectivity index (χ2n) is 5.79. The number of benzene rings is 1. The number of nitrogens with two attached hydrogens (primary N) is 1. The molecule has 0 spiro atoms. The summed E-state index contributed by atoms with van der Waals surface area (Å²) in [5, 5.41) is 0.769. The minimum absolute atomic E-state index is 0.00861. The van der Waals surface area contributed by atoms with Gasteiger partial charge in [-0.15, -0.1) is 0 Å². The Labute approximate surface area is 121 Å². The van der Waals surface area contributed by atoms with Gasteiger partial charge in [-0.2, -0.15) is 0 Å². The number of halogens is 1. The van der Waals surface area contributed by atoms with Crippen molar-refractivity contribution in [2.45, 2.75) is 51.1 Å². The van der Waals surface area contributed by atoms with E-state index in [1.807, 2.05) is 18.2 Å². The van der Waals surface area contributed by atoms with Crippen molar-refractivity contribution in [3.8, 4) is 0 Å². The van der Waals surface area contributed by atoms with Gasteiger partial charge in [0.1, 0.15) is 0 Å². The van der Waals surface area contributed by atoms with Crippen LogP contribution in [0.2, 0.25) is 5.02 Å². The lowest BCUT2D eigenvalue weighted by molar-refractivity contribution is 0.0543. The normalized spacial score (nSPS) is 21.9. The fraction of sp³-hybridized carbons (Fsp3) is 0.625. The second kappa shape index (κ2) is 6.25. The number of likely N-dealkylation sites (tertiary alicyclic amines) is 1. The van der Waals surface area contributed by atoms with Crippen LogP contribution in [0.25, 0.3) is 0 Å². The summed E-state index contributed by atoms with van der Waals surface area (Å²) in [4.78, 5) is 2.57. The van der Waals surface area contributed by atoms with Crippen LogP contribution in [0.1, 0.15) is 51.1 Å². The molecule has 1 fully saturated rings. The average molecular weight is 281 g/mol. The fourth-order valence-electron chi connectivity index (χ4n) is 3.10. The van der Waals surface area contributed by atoms with Gasteiger partial charge in [0.15, 0.2) is 0 Å². The van der Waals surface area contributed by atoms with Gasteiger partial charge in [0.05, 0.1) is 0 Å². The van der Waals surface area contributed by atoms with E-state index in [0.717, 1.165) is 17.0 Å². The molecule has 1 aliphatic heterocycles. The van der Waals surface area contributed by atoms with Crippen molar-refractivity contribution in [1.29, 1.82) is 0 Å². The molecule has 1 heterocycles. The molecule has 0 aromatic heterocycles. The summed E-state index contributed by atoms with van der Waals surface area (Å²) >= 11 is 6.10. The zero-order valence-corrected chi connectivity index (χ0v) is 12.8. The van der Waals surface area contributed by atoms with Gasteiger partial charge in [0.2, 0.25) is 0 Å². The van der Waals surface area contributed by atoms with Crippen LogP contribution in [-0.4, -0.2) is 23.5 Å². The maximum absolute atomic E-state index is 6.58. The monoisotopic (exact) mass is 280 g/mol. The first-order chi connectivity index (χ1) is 9.08. The first-order valence-corrected chi connectivity index (χ1v) is 7.72. The lowest BCUT2D eigenvalue weighted by Gasteiger charge is -2.47. The third-order valence-corrected chi connectivity index (χ3v) is 4.91. The van der Waals surface area contributed by atoms with Crippen molar-refractivity contribution >= 4 is 11.6 Å². The fourth-order valence-corrected chi connectivity index (χ4v) is 3.30. The van der Waals surface area contributed by atoms with Crippen molar-refractivity contribution in [2.75, 3.05) is 13.1 Å². The molecule has 2 atom stereocenters. The molecule has 0 radical (unpaired) electrons. The molecule has 2 rings (SSSR count). The lowest BCUT2D eigenvalue weighted by atomic mass is 9.82. The summed E-state index contributed by atoms with van der Waals surface area (Å²) in [7, 11) is 0. The highest BCUT2D eigenvalue weighted by Crippen LogP contribution is 2.35. The van der Waals surface area contributed by atoms with E-state index in [1.165, 1.54) is 32.4 Å². The van der Waals surface area contributed by atoms with Crippen LogP contribution in [0.3, 0.4) is 0 Å². The Morgan fingerprint density at radius 1 is 1.32 bits per heavy atom. The zero-order valence-electron chi connectivity index (χ0n) is 12.0. The average Bonchev–Trinajstić information content (AvgIpc) is 2.46. The third kappa shape index (κ3) is 3.13. The highest BCUT2D eigenvalue weighted by Gasteiger charge is 2.37. The number of hydrogen-bond acceptors (Lipinski definition) is 2. The van der Waals surface area contributed by atoms with E-state index in [-0.39, 0.29) is 11.6 Å². The minimum Gasteiger partial charge on any atom is -0.322 e. The van der Waals surface area contributed by atoms with Crippen LogP contribution >= 0.6 is 11.6 Å². The SMILES string of the molecule is CCC(C)(C(N)c1cccc(Cl)c1)N1CCCCC1. The molecule has 1 aliphatic rings. The predicted octanol–water partition coefficient (Wildman–Crippen LogP) is 3.99. The second-order valence-corrected chi connectivity index (χ2v) is 6.23. The molecule has 2 nitrogen and oxygen atoms in total. The molecule has 3 heteroatoms. The highest BCUT2D eigenvalue weighted by molar-refractivity contribution is 6.30. The summed E-state index contributed by atoms with van der Waals surface area (Å²) in [6.07, 6.45) is 4.99. The van der Waals surface area contributed by atoms with Gasteiger partial charge in [-0.25, -0.2) is 0 Å². The number of nitrogens with zero attached hydrogens (tertiary/aromatic N) is 1. The van der Waals surface area contributed by atoms with Crippen LogP contribution < -0.4 is 5.73 Å². The van der Waals surface area contributed by atoms with Crippen LogP contribution in [-0.2, 0) is 0 Å². The molecule has 1 aromatic rings. The molecule has 2 N–H and O–H groups in total. The Balaban J connectivity index is 2.24. The van der Waals surface area contributed by atoms with Crippen molar-refractivity contribution < 1.29 is 0 Å². The molecule has 106 valence electrons. The summed E-state index contributed by atoms with van der Waals surface area (Å²) in [6, 6.07) is 8.00. The van der Waals surface area contributed by atoms with Crippen LogP contribution in [0.5, 0.6) is 0 Å². The molecule has 1 saturated heterocycles. The van der Waals surface area contributed by atoms with Gasteiger partial charge in [-0.05, 0) is 57.0 Å². The van der Waals surface area contributed by atoms with Gasteiger partial charge in [-0.3, -0.25) is 4.90 Å². The molecule has 1 aromatic carbocycles. The standard InChI is InChI=1S/C16H25ClN2/c1-3-16(2,19-10-5-4-6-11-19)15(18)13-8-7-9-14(17)12-13/h7-9,12,15H,3-6,10-11,18H2,1-2H3. The lowest BCUT2D eigenvalue weighted by Crippen LogP contribution is -2.54. The van der Waals surface area contributed by atoms with Gasteiger partial charge in [-0.1, -0.05) is 37.1 Å². The summed E-state index contributed by atoms with van der Waals surface area (Å²) in [5.41, 5.74) is 7.74. The van der Waals surface area contributed by atoms with Gasteiger partial charge >= 0.3 is 0 Å². The third-order valence-electron chi connectivity index (χ3n) is 4.67. The van der Waals surface area contributed by atoms with Crippen LogP contribution in [0.15, 0.2) is 24.3 Å². The molecular formula is C16H25ClN2. The Morgan fingerprint density at radius 3 is 2.58 bits per heavy atom. The molecular weight excluding hydrogens is 256 g/mol. The van der Waals surface area contributed by atoms with Crippen molar-refractivity contribution in [1.82, 2.24) is 4.90 Å². The van der Waals surface area contributed by atoms with Crippen LogP contribution in [0, 0.1) is 0 Å². The maximum Gasteiger partial charge on any atom is 0.0479 e. The first-order valence-electron chi connectivity index (χ1n) is 7.34. The van der Waals surface area contributed by atoms with Crippen molar-refractivity contribution in [2.24, 2.45) is 5.73 Å². The number of piperidine rings is 1. The summed E-state index contributed by atoms with van der Waals surface area (Å²) in [5.74, 6) is 0. The quantitative estimate of drug-likeness (QED) is 0.903. The molecule has 0 saturated carbocycles. The van der Waals surface area contributed by atoms with E-state index >= 15 is 0 Å². The largest absolute Gasteiger partial charge is 0.322 e. The molecule has 19 heavy (non-hydrogen) atoms. The van der Waals surface area contributed by atoms with Gasteiger partial charge in [0.25, 0.3) is 0 Å². The van der Waals surface area contributed by atoms with E-state index in [9.17, 15) is 0 Å². The molecule has 2 unspecified atom stereocenters. The molecule has 0 bridgehead atoms.